The van der Waals surface area contributed by atoms with Crippen LogP contribution in [-0.2, 0) is 0 Å². The zero-order chi connectivity index (χ0) is 12.3. The van der Waals surface area contributed by atoms with Crippen molar-refractivity contribution in [3.05, 3.63) is 53.9 Å². The lowest BCUT2D eigenvalue weighted by Gasteiger charge is -2.10. The summed E-state index contributed by atoms with van der Waals surface area (Å²) in [5.41, 5.74) is 10.6. The smallest absolute Gasteiger partial charge is 0.0378 e. The molecular weight excluding hydrogens is 208 g/mol. The highest BCUT2D eigenvalue weighted by molar-refractivity contribution is 5.63. The molecule has 2 rings (SSSR count). The molecule has 17 heavy (non-hydrogen) atoms. The Bertz CT molecular complexity index is 489. The molecule has 0 aliphatic rings. The molecule has 1 heterocycles. The molecule has 0 saturated heterocycles. The Morgan fingerprint density at radius 2 is 1.82 bits per heavy atom. The van der Waals surface area contributed by atoms with Gasteiger partial charge in [0, 0.05) is 17.9 Å². The first kappa shape index (κ1) is 11.8. The topological polar surface area (TPSA) is 38.9 Å². The van der Waals surface area contributed by atoms with Crippen molar-refractivity contribution in [1.29, 1.82) is 0 Å². The van der Waals surface area contributed by atoms with Crippen molar-refractivity contribution in [2.75, 3.05) is 0 Å². The highest BCUT2D eigenvalue weighted by atomic mass is 14.6. The quantitative estimate of drug-likeness (QED) is 0.870. The summed E-state index contributed by atoms with van der Waals surface area (Å²) >= 11 is 0. The van der Waals surface area contributed by atoms with E-state index in [1.54, 1.807) is 0 Å². The van der Waals surface area contributed by atoms with Crippen LogP contribution in [-0.4, -0.2) is 4.98 Å². The van der Waals surface area contributed by atoms with Crippen molar-refractivity contribution >= 4 is 0 Å². The molecule has 1 atom stereocenters. The van der Waals surface area contributed by atoms with Crippen LogP contribution in [0.15, 0.2) is 42.6 Å². The van der Waals surface area contributed by atoms with Crippen molar-refractivity contribution in [3.63, 3.8) is 0 Å². The van der Waals surface area contributed by atoms with E-state index in [1.807, 2.05) is 19.2 Å². The van der Waals surface area contributed by atoms with E-state index >= 15 is 0 Å². The second-order valence-corrected chi connectivity index (χ2v) is 4.32. The fourth-order valence-corrected chi connectivity index (χ4v) is 1.88. The first-order chi connectivity index (χ1) is 8.20. The minimum Gasteiger partial charge on any atom is -0.324 e. The van der Waals surface area contributed by atoms with Crippen LogP contribution in [0.3, 0.4) is 0 Å². The van der Waals surface area contributed by atoms with Gasteiger partial charge in [-0.15, -0.1) is 0 Å². The van der Waals surface area contributed by atoms with Crippen LogP contribution in [0.5, 0.6) is 0 Å². The van der Waals surface area contributed by atoms with Crippen LogP contribution >= 0.6 is 0 Å². The maximum atomic E-state index is 6.00. The second kappa shape index (κ2) is 5.11. The maximum Gasteiger partial charge on any atom is 0.0378 e. The normalized spacial score (nSPS) is 12.4. The van der Waals surface area contributed by atoms with E-state index in [4.69, 9.17) is 5.73 Å². The minimum atomic E-state index is 0.142. The maximum absolute atomic E-state index is 6.00. The van der Waals surface area contributed by atoms with Gasteiger partial charge >= 0.3 is 0 Å². The van der Waals surface area contributed by atoms with Gasteiger partial charge in [-0.3, -0.25) is 4.98 Å². The summed E-state index contributed by atoms with van der Waals surface area (Å²) in [6.45, 7) is 4.11. The van der Waals surface area contributed by atoms with E-state index in [0.717, 1.165) is 12.1 Å². The number of benzene rings is 1. The molecule has 0 saturated carbocycles. The van der Waals surface area contributed by atoms with Crippen LogP contribution < -0.4 is 5.73 Å². The number of pyridine rings is 1. The van der Waals surface area contributed by atoms with Gasteiger partial charge < -0.3 is 5.73 Å². The molecule has 0 amide bonds. The molecule has 1 aromatic heterocycles. The predicted molar refractivity (Wildman–Crippen MR) is 71.6 cm³/mol. The standard InChI is InChI=1S/C15H18N2/c1-3-15(16)13-6-4-12(5-7-13)14-8-9-17-11(2)10-14/h4-10,15H,3,16H2,1-2H3. The highest BCUT2D eigenvalue weighted by Crippen LogP contribution is 2.22. The number of nitrogens with two attached hydrogens (primary N) is 1. The van der Waals surface area contributed by atoms with E-state index in [1.165, 1.54) is 16.7 Å². The monoisotopic (exact) mass is 226 g/mol. The third kappa shape index (κ3) is 2.71. The minimum absolute atomic E-state index is 0.142. The summed E-state index contributed by atoms with van der Waals surface area (Å²) in [6, 6.07) is 12.7. The Labute approximate surface area is 103 Å². The van der Waals surface area contributed by atoms with Gasteiger partial charge in [0.2, 0.25) is 0 Å². The Kier molecular flexibility index (Phi) is 3.55. The fraction of sp³-hybridized carbons (Fsp3) is 0.267. The SMILES string of the molecule is CCC(N)c1ccc(-c2ccnc(C)c2)cc1. The molecule has 0 aliphatic heterocycles. The van der Waals surface area contributed by atoms with Gasteiger partial charge in [0.05, 0.1) is 0 Å². The summed E-state index contributed by atoms with van der Waals surface area (Å²) in [7, 11) is 0. The molecule has 0 spiro atoms. The second-order valence-electron chi connectivity index (χ2n) is 4.32. The Morgan fingerprint density at radius 3 is 2.41 bits per heavy atom. The summed E-state index contributed by atoms with van der Waals surface area (Å²) in [4.78, 5) is 4.20. The third-order valence-corrected chi connectivity index (χ3v) is 3.01. The van der Waals surface area contributed by atoms with Gasteiger partial charge in [-0.2, -0.15) is 0 Å². The lowest BCUT2D eigenvalue weighted by molar-refractivity contribution is 0.699. The molecule has 2 nitrogen and oxygen atoms in total. The number of aromatic nitrogens is 1. The van der Waals surface area contributed by atoms with Crippen molar-refractivity contribution < 1.29 is 0 Å². The van der Waals surface area contributed by atoms with Crippen LogP contribution in [0.25, 0.3) is 11.1 Å². The van der Waals surface area contributed by atoms with Crippen molar-refractivity contribution in [2.24, 2.45) is 5.73 Å². The predicted octanol–water partition coefficient (Wildman–Crippen LogP) is 3.47. The van der Waals surface area contributed by atoms with Gasteiger partial charge in [-0.05, 0) is 42.2 Å². The van der Waals surface area contributed by atoms with Crippen molar-refractivity contribution in [1.82, 2.24) is 4.98 Å². The molecule has 2 N–H and O–H groups in total. The Morgan fingerprint density at radius 1 is 1.12 bits per heavy atom. The Hall–Kier alpha value is -1.67. The molecule has 0 aliphatic carbocycles. The van der Waals surface area contributed by atoms with Crippen molar-refractivity contribution in [2.45, 2.75) is 26.3 Å². The highest BCUT2D eigenvalue weighted by Gasteiger charge is 2.03. The third-order valence-electron chi connectivity index (χ3n) is 3.01. The van der Waals surface area contributed by atoms with Gasteiger partial charge in [0.1, 0.15) is 0 Å². The van der Waals surface area contributed by atoms with E-state index in [2.05, 4.69) is 42.2 Å². The van der Waals surface area contributed by atoms with Gasteiger partial charge in [-0.25, -0.2) is 0 Å². The molecule has 0 radical (unpaired) electrons. The zero-order valence-electron chi connectivity index (χ0n) is 10.4. The van der Waals surface area contributed by atoms with Crippen LogP contribution in [0.2, 0.25) is 0 Å². The molecule has 0 fully saturated rings. The molecule has 2 aromatic rings. The van der Waals surface area contributed by atoms with Gasteiger partial charge in [0.25, 0.3) is 0 Å². The largest absolute Gasteiger partial charge is 0.324 e. The number of nitrogens with zero attached hydrogens (tertiary/aromatic N) is 1. The molecule has 88 valence electrons. The van der Waals surface area contributed by atoms with E-state index in [0.29, 0.717) is 0 Å². The van der Waals surface area contributed by atoms with E-state index in [-0.39, 0.29) is 6.04 Å². The summed E-state index contributed by atoms with van der Waals surface area (Å²) in [5, 5.41) is 0. The van der Waals surface area contributed by atoms with Crippen molar-refractivity contribution in [3.8, 4) is 11.1 Å². The lowest BCUT2D eigenvalue weighted by Crippen LogP contribution is -2.08. The number of hydrogen-bond acceptors (Lipinski definition) is 2. The molecule has 0 bridgehead atoms. The Balaban J connectivity index is 2.29. The van der Waals surface area contributed by atoms with E-state index < -0.39 is 0 Å². The van der Waals surface area contributed by atoms with E-state index in [9.17, 15) is 0 Å². The number of rotatable bonds is 3. The summed E-state index contributed by atoms with van der Waals surface area (Å²) in [5.74, 6) is 0. The average Bonchev–Trinajstić information content (AvgIpc) is 2.38. The molecule has 1 unspecified atom stereocenters. The summed E-state index contributed by atoms with van der Waals surface area (Å²) < 4.78 is 0. The molecular formula is C15H18N2. The van der Waals surface area contributed by atoms with Gasteiger partial charge in [-0.1, -0.05) is 31.2 Å². The molecule has 1 aromatic carbocycles. The van der Waals surface area contributed by atoms with Crippen LogP contribution in [0, 0.1) is 6.92 Å². The van der Waals surface area contributed by atoms with Crippen LogP contribution in [0.1, 0.15) is 30.6 Å². The lowest BCUT2D eigenvalue weighted by atomic mass is 10.0. The summed E-state index contributed by atoms with van der Waals surface area (Å²) in [6.07, 6.45) is 2.81. The number of aryl methyl sites for hydroxylation is 1. The fourth-order valence-electron chi connectivity index (χ4n) is 1.88. The first-order valence-corrected chi connectivity index (χ1v) is 5.99. The van der Waals surface area contributed by atoms with Crippen LogP contribution in [0.4, 0.5) is 0 Å². The number of hydrogen-bond donors (Lipinski definition) is 1. The molecule has 2 heteroatoms. The zero-order valence-corrected chi connectivity index (χ0v) is 10.4. The first-order valence-electron chi connectivity index (χ1n) is 5.99. The average molecular weight is 226 g/mol. The van der Waals surface area contributed by atoms with Gasteiger partial charge in [0.15, 0.2) is 0 Å².